The maximum Gasteiger partial charge on any atom is 0.337 e. The number of carbonyl (C=O) groups is 2. The van der Waals surface area contributed by atoms with Crippen LogP contribution in [0.2, 0.25) is 0 Å². The van der Waals surface area contributed by atoms with Crippen LogP contribution in [0.4, 0.5) is 0 Å². The highest BCUT2D eigenvalue weighted by atomic mass is 16.5. The van der Waals surface area contributed by atoms with Crippen molar-refractivity contribution < 1.29 is 23.8 Å². The number of ether oxygens (including phenoxy) is 3. The van der Waals surface area contributed by atoms with E-state index in [0.29, 0.717) is 30.9 Å². The first kappa shape index (κ1) is 19.9. The number of amides is 1. The molecule has 0 bridgehead atoms. The summed E-state index contributed by atoms with van der Waals surface area (Å²) in [4.78, 5) is 24.2. The van der Waals surface area contributed by atoms with Gasteiger partial charge in [-0.1, -0.05) is 12.1 Å². The van der Waals surface area contributed by atoms with Crippen LogP contribution in [-0.4, -0.2) is 45.9 Å². The third kappa shape index (κ3) is 4.34. The largest absolute Gasteiger partial charge is 0.497 e. The lowest BCUT2D eigenvalue weighted by Crippen LogP contribution is -2.44. The third-order valence-corrected chi connectivity index (χ3v) is 5.31. The fraction of sp³-hybridized carbons (Fsp3) is 0.364. The van der Waals surface area contributed by atoms with Crippen molar-refractivity contribution in [2.75, 3.05) is 34.0 Å². The fourth-order valence-corrected chi connectivity index (χ4v) is 3.50. The number of carbonyl (C=O) groups excluding carboxylic acids is 2. The van der Waals surface area contributed by atoms with Crippen molar-refractivity contribution >= 4 is 11.9 Å². The molecule has 0 atom stereocenters. The number of hydrogen-bond donors (Lipinski definition) is 1. The van der Waals surface area contributed by atoms with Crippen molar-refractivity contribution in [2.24, 2.45) is 0 Å². The van der Waals surface area contributed by atoms with Gasteiger partial charge >= 0.3 is 5.97 Å². The quantitative estimate of drug-likeness (QED) is 0.777. The summed E-state index contributed by atoms with van der Waals surface area (Å²) in [5, 5.41) is 3.06. The fourth-order valence-electron chi connectivity index (χ4n) is 3.50. The minimum atomic E-state index is -0.423. The monoisotopic (exact) mass is 383 g/mol. The number of hydrogen-bond acceptors (Lipinski definition) is 5. The van der Waals surface area contributed by atoms with E-state index in [0.717, 1.165) is 24.2 Å². The van der Waals surface area contributed by atoms with Crippen LogP contribution in [-0.2, 0) is 14.9 Å². The smallest absolute Gasteiger partial charge is 0.337 e. The second-order valence-electron chi connectivity index (χ2n) is 6.87. The number of nitrogens with one attached hydrogen (secondary N) is 1. The van der Waals surface area contributed by atoms with Crippen LogP contribution in [0.15, 0.2) is 48.5 Å². The second kappa shape index (κ2) is 8.89. The number of esters is 1. The predicted molar refractivity (Wildman–Crippen MR) is 105 cm³/mol. The van der Waals surface area contributed by atoms with Gasteiger partial charge in [-0.15, -0.1) is 0 Å². The van der Waals surface area contributed by atoms with Gasteiger partial charge in [-0.05, 0) is 54.8 Å². The maximum atomic E-state index is 12.6. The van der Waals surface area contributed by atoms with Gasteiger partial charge in [-0.25, -0.2) is 4.79 Å². The molecule has 0 aromatic heterocycles. The Morgan fingerprint density at radius 3 is 2.14 bits per heavy atom. The molecule has 0 saturated carbocycles. The Kier molecular flexibility index (Phi) is 6.31. The molecule has 0 radical (unpaired) electrons. The molecule has 28 heavy (non-hydrogen) atoms. The molecular weight excluding hydrogens is 358 g/mol. The zero-order valence-corrected chi connectivity index (χ0v) is 16.2. The highest BCUT2D eigenvalue weighted by Gasteiger charge is 2.35. The molecule has 1 saturated heterocycles. The lowest BCUT2D eigenvalue weighted by Gasteiger charge is -2.38. The molecule has 1 heterocycles. The van der Waals surface area contributed by atoms with E-state index in [9.17, 15) is 9.59 Å². The van der Waals surface area contributed by atoms with Gasteiger partial charge in [0.2, 0.25) is 0 Å². The Morgan fingerprint density at radius 2 is 1.57 bits per heavy atom. The summed E-state index contributed by atoms with van der Waals surface area (Å²) in [6.45, 7) is 1.84. The van der Waals surface area contributed by atoms with Gasteiger partial charge in [-0.2, -0.15) is 0 Å². The first-order chi connectivity index (χ1) is 13.6. The summed E-state index contributed by atoms with van der Waals surface area (Å²) < 4.78 is 15.5. The van der Waals surface area contributed by atoms with E-state index in [1.165, 1.54) is 7.11 Å². The molecule has 3 rings (SSSR count). The minimum Gasteiger partial charge on any atom is -0.497 e. The third-order valence-electron chi connectivity index (χ3n) is 5.31. The van der Waals surface area contributed by atoms with Crippen LogP contribution >= 0.6 is 0 Å². The number of methoxy groups -OCH3 is 2. The van der Waals surface area contributed by atoms with E-state index in [-0.39, 0.29) is 11.3 Å². The molecule has 1 aliphatic rings. The molecule has 6 heteroatoms. The summed E-state index contributed by atoms with van der Waals surface area (Å²) in [7, 11) is 2.97. The van der Waals surface area contributed by atoms with Gasteiger partial charge in [0.25, 0.3) is 5.91 Å². The van der Waals surface area contributed by atoms with E-state index in [4.69, 9.17) is 9.47 Å². The predicted octanol–water partition coefficient (Wildman–Crippen LogP) is 2.96. The highest BCUT2D eigenvalue weighted by Crippen LogP contribution is 2.35. The molecule has 1 amide bonds. The van der Waals surface area contributed by atoms with Gasteiger partial charge in [0.15, 0.2) is 0 Å². The molecule has 148 valence electrons. The first-order valence-electron chi connectivity index (χ1n) is 9.27. The van der Waals surface area contributed by atoms with Gasteiger partial charge in [0.05, 0.1) is 19.8 Å². The van der Waals surface area contributed by atoms with E-state index < -0.39 is 5.97 Å². The molecule has 1 aliphatic heterocycles. The van der Waals surface area contributed by atoms with Crippen LogP contribution < -0.4 is 10.1 Å². The summed E-state index contributed by atoms with van der Waals surface area (Å²) in [6.07, 6.45) is 1.67. The van der Waals surface area contributed by atoms with E-state index >= 15 is 0 Å². The Labute approximate surface area is 164 Å². The van der Waals surface area contributed by atoms with Crippen molar-refractivity contribution in [3.8, 4) is 5.75 Å². The zero-order chi connectivity index (χ0) is 20.0. The van der Waals surface area contributed by atoms with Crippen molar-refractivity contribution in [1.29, 1.82) is 0 Å². The van der Waals surface area contributed by atoms with Gasteiger partial charge in [-0.3, -0.25) is 4.79 Å². The summed E-state index contributed by atoms with van der Waals surface area (Å²) >= 11 is 0. The number of benzene rings is 2. The summed E-state index contributed by atoms with van der Waals surface area (Å²) in [6, 6.07) is 14.4. The molecule has 0 unspecified atom stereocenters. The normalized spacial score (nSPS) is 15.5. The van der Waals surface area contributed by atoms with Crippen molar-refractivity contribution in [1.82, 2.24) is 5.32 Å². The number of rotatable bonds is 6. The lowest BCUT2D eigenvalue weighted by atomic mass is 9.74. The van der Waals surface area contributed by atoms with Crippen LogP contribution in [0.25, 0.3) is 0 Å². The minimum absolute atomic E-state index is 0.171. The molecule has 6 nitrogen and oxygen atoms in total. The van der Waals surface area contributed by atoms with Crippen LogP contribution in [0.3, 0.4) is 0 Å². The van der Waals surface area contributed by atoms with Crippen LogP contribution in [0, 0.1) is 0 Å². The lowest BCUT2D eigenvalue weighted by molar-refractivity contribution is 0.0487. The van der Waals surface area contributed by atoms with Gasteiger partial charge in [0, 0.05) is 30.7 Å². The molecule has 1 fully saturated rings. The SMILES string of the molecule is COC(=O)c1ccc(C(=O)NCC2(c3ccc(OC)cc3)CCOCC2)cc1. The van der Waals surface area contributed by atoms with Crippen molar-refractivity contribution in [3.05, 3.63) is 65.2 Å². The van der Waals surface area contributed by atoms with Crippen molar-refractivity contribution in [2.45, 2.75) is 18.3 Å². The zero-order valence-electron chi connectivity index (χ0n) is 16.2. The Bertz CT molecular complexity index is 808. The molecule has 0 aliphatic carbocycles. The van der Waals surface area contributed by atoms with Crippen molar-refractivity contribution in [3.63, 3.8) is 0 Å². The Morgan fingerprint density at radius 1 is 0.964 bits per heavy atom. The average molecular weight is 383 g/mol. The van der Waals surface area contributed by atoms with Gasteiger partial charge < -0.3 is 19.5 Å². The molecule has 2 aromatic carbocycles. The Hall–Kier alpha value is -2.86. The molecular formula is C22H25NO5. The average Bonchev–Trinajstić information content (AvgIpc) is 2.77. The van der Waals surface area contributed by atoms with Crippen LogP contribution in [0.5, 0.6) is 5.75 Å². The van der Waals surface area contributed by atoms with E-state index in [1.54, 1.807) is 31.4 Å². The summed E-state index contributed by atoms with van der Waals surface area (Å²) in [5.74, 6) is 0.212. The molecule has 0 spiro atoms. The van der Waals surface area contributed by atoms with Crippen LogP contribution in [0.1, 0.15) is 39.1 Å². The summed E-state index contributed by atoms with van der Waals surface area (Å²) in [5.41, 5.74) is 1.91. The molecule has 1 N–H and O–H groups in total. The molecule has 2 aromatic rings. The topological polar surface area (TPSA) is 73.9 Å². The van der Waals surface area contributed by atoms with Gasteiger partial charge in [0.1, 0.15) is 5.75 Å². The first-order valence-corrected chi connectivity index (χ1v) is 9.27. The maximum absolute atomic E-state index is 12.6. The van der Waals surface area contributed by atoms with E-state index in [2.05, 4.69) is 22.2 Å². The van der Waals surface area contributed by atoms with E-state index in [1.807, 2.05) is 12.1 Å². The Balaban J connectivity index is 1.72. The standard InChI is InChI=1S/C22H25NO5/c1-26-19-9-7-18(8-10-19)22(11-13-28-14-12-22)15-23-20(24)16-3-5-17(6-4-16)21(25)27-2/h3-10H,11-15H2,1-2H3,(H,23,24). The highest BCUT2D eigenvalue weighted by molar-refractivity contribution is 5.96. The second-order valence-corrected chi connectivity index (χ2v) is 6.87.